The van der Waals surface area contributed by atoms with E-state index in [4.69, 9.17) is 5.73 Å². The maximum atomic E-state index is 13.4. The summed E-state index contributed by atoms with van der Waals surface area (Å²) in [6.07, 6.45) is 0.222. The number of nitrogens with one attached hydrogen (secondary N) is 3. The van der Waals surface area contributed by atoms with Crippen LogP contribution >= 0.6 is 0 Å². The van der Waals surface area contributed by atoms with E-state index in [2.05, 4.69) is 16.0 Å². The van der Waals surface area contributed by atoms with Gasteiger partial charge in [0.25, 0.3) is 0 Å². The van der Waals surface area contributed by atoms with Crippen LogP contribution in [0.4, 0.5) is 0 Å². The smallest absolute Gasteiger partial charge is 0.326 e. The van der Waals surface area contributed by atoms with Crippen LogP contribution in [0.5, 0.6) is 5.75 Å². The molecule has 0 saturated carbocycles. The van der Waals surface area contributed by atoms with Crippen molar-refractivity contribution in [3.05, 3.63) is 102 Å². The van der Waals surface area contributed by atoms with Crippen molar-refractivity contribution >= 4 is 23.7 Å². The van der Waals surface area contributed by atoms with Gasteiger partial charge in [0.2, 0.25) is 17.7 Å². The zero-order chi connectivity index (χ0) is 28.2. The van der Waals surface area contributed by atoms with Crippen molar-refractivity contribution in [1.29, 1.82) is 0 Å². The number of amides is 3. The van der Waals surface area contributed by atoms with Gasteiger partial charge in [-0.2, -0.15) is 0 Å². The Morgan fingerprint density at radius 1 is 0.615 bits per heavy atom. The van der Waals surface area contributed by atoms with Crippen molar-refractivity contribution in [2.45, 2.75) is 37.4 Å². The molecule has 3 rings (SSSR count). The minimum absolute atomic E-state index is 0.0312. The molecule has 204 valence electrons. The lowest BCUT2D eigenvalue weighted by molar-refractivity contribution is -0.142. The van der Waals surface area contributed by atoms with Gasteiger partial charge in [-0.25, -0.2) is 4.79 Å². The quantitative estimate of drug-likeness (QED) is 0.190. The summed E-state index contributed by atoms with van der Waals surface area (Å²) in [6, 6.07) is 20.6. The largest absolute Gasteiger partial charge is 0.508 e. The first-order valence-electron chi connectivity index (χ1n) is 12.4. The maximum absolute atomic E-state index is 13.4. The van der Waals surface area contributed by atoms with E-state index < -0.39 is 41.8 Å². The highest BCUT2D eigenvalue weighted by molar-refractivity contribution is 5.94. The molecule has 3 aromatic rings. The van der Waals surface area contributed by atoms with Crippen molar-refractivity contribution in [3.63, 3.8) is 0 Å². The predicted octanol–water partition coefficient (Wildman–Crippen LogP) is 0.918. The molecule has 0 aliphatic rings. The number of aromatic hydroxyl groups is 1. The van der Waals surface area contributed by atoms with Gasteiger partial charge in [0, 0.05) is 19.3 Å². The van der Waals surface area contributed by atoms with Crippen molar-refractivity contribution in [2.24, 2.45) is 5.73 Å². The molecule has 0 fully saturated rings. The van der Waals surface area contributed by atoms with Crippen molar-refractivity contribution in [1.82, 2.24) is 16.0 Å². The van der Waals surface area contributed by atoms with Crippen LogP contribution in [0.25, 0.3) is 0 Å². The van der Waals surface area contributed by atoms with Gasteiger partial charge in [0.15, 0.2) is 0 Å². The molecule has 0 aliphatic heterocycles. The number of nitrogens with two attached hydrogens (primary N) is 1. The fourth-order valence-corrected chi connectivity index (χ4v) is 3.98. The first-order valence-corrected chi connectivity index (χ1v) is 12.4. The fourth-order valence-electron chi connectivity index (χ4n) is 3.98. The summed E-state index contributed by atoms with van der Waals surface area (Å²) in [7, 11) is 0. The third-order valence-electron chi connectivity index (χ3n) is 6.03. The van der Waals surface area contributed by atoms with Crippen molar-refractivity contribution < 1.29 is 29.4 Å². The number of aliphatic carboxylic acids is 1. The normalized spacial score (nSPS) is 12.9. The van der Waals surface area contributed by atoms with Crippen LogP contribution in [-0.2, 0) is 38.4 Å². The average Bonchev–Trinajstić information content (AvgIpc) is 2.94. The summed E-state index contributed by atoms with van der Waals surface area (Å²) < 4.78 is 0. The Kier molecular flexibility index (Phi) is 10.6. The van der Waals surface area contributed by atoms with Gasteiger partial charge in [-0.1, -0.05) is 72.8 Å². The van der Waals surface area contributed by atoms with Gasteiger partial charge >= 0.3 is 5.97 Å². The van der Waals surface area contributed by atoms with Gasteiger partial charge in [0.05, 0.1) is 6.54 Å². The number of phenols is 1. The van der Waals surface area contributed by atoms with Gasteiger partial charge in [0.1, 0.15) is 23.9 Å². The number of carboxylic acids is 1. The summed E-state index contributed by atoms with van der Waals surface area (Å²) in [5, 5.41) is 27.1. The molecule has 3 unspecified atom stereocenters. The number of phenolic OH excluding ortho intramolecular Hbond substituents is 1. The van der Waals surface area contributed by atoms with Gasteiger partial charge in [-0.3, -0.25) is 14.4 Å². The standard InChI is InChI=1S/C29H32N4O6/c30-18-26(35)31-23(15-19-7-3-1-4-8-19)27(36)32-24(16-20-9-5-2-6-10-20)28(37)33-25(29(38)39)17-21-11-13-22(34)14-12-21/h1-14,23-25,34H,15-18,30H2,(H,31,35)(H,32,36)(H,33,37)(H,38,39). The zero-order valence-electron chi connectivity index (χ0n) is 21.2. The van der Waals surface area contributed by atoms with E-state index >= 15 is 0 Å². The average molecular weight is 533 g/mol. The molecule has 0 radical (unpaired) electrons. The Morgan fingerprint density at radius 2 is 1.03 bits per heavy atom. The monoisotopic (exact) mass is 532 g/mol. The highest BCUT2D eigenvalue weighted by Gasteiger charge is 2.30. The molecule has 0 bridgehead atoms. The summed E-state index contributed by atoms with van der Waals surface area (Å²) >= 11 is 0. The molecule has 3 atom stereocenters. The zero-order valence-corrected chi connectivity index (χ0v) is 21.2. The minimum atomic E-state index is -1.28. The number of carbonyl (C=O) groups is 4. The summed E-state index contributed by atoms with van der Waals surface area (Å²) in [5.74, 6) is -3.05. The lowest BCUT2D eigenvalue weighted by atomic mass is 10.0. The molecule has 0 heterocycles. The summed E-state index contributed by atoms with van der Waals surface area (Å²) in [6.45, 7) is -0.315. The van der Waals surface area contributed by atoms with Gasteiger partial charge < -0.3 is 31.9 Å². The van der Waals surface area contributed by atoms with E-state index in [0.717, 1.165) is 11.1 Å². The number of rotatable bonds is 13. The van der Waals surface area contributed by atoms with E-state index in [1.54, 1.807) is 48.5 Å². The second-order valence-corrected chi connectivity index (χ2v) is 9.03. The molecule has 0 spiro atoms. The van der Waals surface area contributed by atoms with E-state index in [1.807, 2.05) is 24.3 Å². The van der Waals surface area contributed by atoms with E-state index in [-0.39, 0.29) is 31.6 Å². The maximum Gasteiger partial charge on any atom is 0.326 e. The first kappa shape index (κ1) is 28.9. The molecular formula is C29H32N4O6. The third-order valence-corrected chi connectivity index (χ3v) is 6.03. The molecule has 0 aromatic heterocycles. The Bertz CT molecular complexity index is 1250. The number of hydrogen-bond donors (Lipinski definition) is 6. The van der Waals surface area contributed by atoms with Gasteiger partial charge in [-0.05, 0) is 28.8 Å². The third kappa shape index (κ3) is 9.28. The van der Waals surface area contributed by atoms with Crippen molar-refractivity contribution in [2.75, 3.05) is 6.54 Å². The lowest BCUT2D eigenvalue weighted by Gasteiger charge is -2.25. The SMILES string of the molecule is NCC(=O)NC(Cc1ccccc1)C(=O)NC(Cc1ccccc1)C(=O)NC(Cc1ccc(O)cc1)C(=O)O. The summed E-state index contributed by atoms with van der Waals surface area (Å²) in [5.41, 5.74) is 7.57. The molecular weight excluding hydrogens is 500 g/mol. The van der Waals surface area contributed by atoms with E-state index in [0.29, 0.717) is 5.56 Å². The van der Waals surface area contributed by atoms with E-state index in [9.17, 15) is 29.4 Å². The molecule has 7 N–H and O–H groups in total. The number of hydrogen-bond acceptors (Lipinski definition) is 6. The van der Waals surface area contributed by atoms with Crippen LogP contribution in [0.15, 0.2) is 84.9 Å². The Morgan fingerprint density at radius 3 is 1.49 bits per heavy atom. The van der Waals surface area contributed by atoms with Crippen LogP contribution in [0.1, 0.15) is 16.7 Å². The number of carbonyl (C=O) groups excluding carboxylic acids is 3. The highest BCUT2D eigenvalue weighted by Crippen LogP contribution is 2.12. The number of benzene rings is 3. The minimum Gasteiger partial charge on any atom is -0.508 e. The molecule has 10 heteroatoms. The van der Waals surface area contributed by atoms with Crippen LogP contribution in [0.3, 0.4) is 0 Å². The Labute approximate surface area is 226 Å². The second kappa shape index (κ2) is 14.3. The Hall–Kier alpha value is -4.70. The first-order chi connectivity index (χ1) is 18.7. The van der Waals surface area contributed by atoms with Gasteiger partial charge in [-0.15, -0.1) is 0 Å². The molecule has 3 aromatic carbocycles. The molecule has 39 heavy (non-hydrogen) atoms. The van der Waals surface area contributed by atoms with Crippen LogP contribution in [0.2, 0.25) is 0 Å². The Balaban J connectivity index is 1.81. The fraction of sp³-hybridized carbons (Fsp3) is 0.241. The van der Waals surface area contributed by atoms with Crippen LogP contribution in [-0.4, -0.2) is 58.6 Å². The molecule has 0 aliphatic carbocycles. The topological polar surface area (TPSA) is 171 Å². The lowest BCUT2D eigenvalue weighted by Crippen LogP contribution is -2.57. The van der Waals surface area contributed by atoms with E-state index in [1.165, 1.54) is 12.1 Å². The second-order valence-electron chi connectivity index (χ2n) is 9.03. The predicted molar refractivity (Wildman–Crippen MR) is 145 cm³/mol. The van der Waals surface area contributed by atoms with Crippen LogP contribution < -0.4 is 21.7 Å². The van der Waals surface area contributed by atoms with Crippen LogP contribution in [0, 0.1) is 0 Å². The summed E-state index contributed by atoms with van der Waals surface area (Å²) in [4.78, 5) is 50.8. The molecule has 0 saturated heterocycles. The number of carboxylic acid groups (broad SMARTS) is 1. The molecule has 3 amide bonds. The highest BCUT2D eigenvalue weighted by atomic mass is 16.4. The van der Waals surface area contributed by atoms with Crippen molar-refractivity contribution in [3.8, 4) is 5.75 Å². The molecule has 10 nitrogen and oxygen atoms in total.